The maximum absolute atomic E-state index is 12.9. The first-order valence-corrected chi connectivity index (χ1v) is 7.57. The molecular formula is C15H18N6O2. The van der Waals surface area contributed by atoms with Gasteiger partial charge in [0, 0.05) is 11.3 Å². The van der Waals surface area contributed by atoms with E-state index in [-0.39, 0.29) is 5.91 Å². The van der Waals surface area contributed by atoms with Crippen LogP contribution < -0.4 is 11.1 Å². The van der Waals surface area contributed by atoms with Crippen LogP contribution in [-0.4, -0.2) is 32.0 Å². The third-order valence-electron chi connectivity index (χ3n) is 4.32. The molecule has 0 bridgehead atoms. The molecule has 1 aliphatic rings. The summed E-state index contributed by atoms with van der Waals surface area (Å²) in [6.07, 6.45) is 5.89. The van der Waals surface area contributed by atoms with Gasteiger partial charge in [0.05, 0.1) is 0 Å². The molecular weight excluding hydrogens is 296 g/mol. The molecule has 0 atom stereocenters. The van der Waals surface area contributed by atoms with Gasteiger partial charge in [-0.15, -0.1) is 5.10 Å². The fourth-order valence-corrected chi connectivity index (χ4v) is 3.02. The number of primary amides is 1. The number of anilines is 1. The van der Waals surface area contributed by atoms with Crippen molar-refractivity contribution in [2.45, 2.75) is 37.6 Å². The summed E-state index contributed by atoms with van der Waals surface area (Å²) >= 11 is 0. The first-order chi connectivity index (χ1) is 11.1. The van der Waals surface area contributed by atoms with Gasteiger partial charge in [-0.1, -0.05) is 19.3 Å². The van der Waals surface area contributed by atoms with Crippen LogP contribution in [0.4, 0.5) is 5.69 Å². The number of aromatic nitrogens is 4. The second-order valence-corrected chi connectivity index (χ2v) is 5.74. The van der Waals surface area contributed by atoms with Crippen LogP contribution in [0.3, 0.4) is 0 Å². The highest BCUT2D eigenvalue weighted by Crippen LogP contribution is 2.35. The Hall–Kier alpha value is -2.77. The molecule has 0 radical (unpaired) electrons. The zero-order chi connectivity index (χ0) is 16.3. The lowest BCUT2D eigenvalue weighted by molar-refractivity contribution is -0.126. The van der Waals surface area contributed by atoms with Crippen LogP contribution in [0.25, 0.3) is 0 Å². The van der Waals surface area contributed by atoms with Crippen molar-refractivity contribution in [2.75, 3.05) is 5.32 Å². The average molecular weight is 314 g/mol. The summed E-state index contributed by atoms with van der Waals surface area (Å²) in [6.45, 7) is 0. The van der Waals surface area contributed by atoms with Gasteiger partial charge >= 0.3 is 0 Å². The van der Waals surface area contributed by atoms with Crippen LogP contribution >= 0.6 is 0 Å². The van der Waals surface area contributed by atoms with Gasteiger partial charge < -0.3 is 11.1 Å². The van der Waals surface area contributed by atoms with Crippen LogP contribution in [0, 0.1) is 0 Å². The third kappa shape index (κ3) is 2.92. The molecule has 120 valence electrons. The quantitative estimate of drug-likeness (QED) is 0.875. The van der Waals surface area contributed by atoms with Crippen molar-refractivity contribution in [1.82, 2.24) is 20.2 Å². The lowest BCUT2D eigenvalue weighted by atomic mass is 9.81. The minimum absolute atomic E-state index is 0.142. The minimum Gasteiger partial charge on any atom is -0.366 e. The molecule has 23 heavy (non-hydrogen) atoms. The molecule has 3 N–H and O–H groups in total. The van der Waals surface area contributed by atoms with Crippen LogP contribution in [0.2, 0.25) is 0 Å². The van der Waals surface area contributed by atoms with E-state index >= 15 is 0 Å². The van der Waals surface area contributed by atoms with Gasteiger partial charge in [0.1, 0.15) is 11.9 Å². The van der Waals surface area contributed by atoms with Crippen LogP contribution in [0.1, 0.15) is 42.5 Å². The molecule has 0 unspecified atom stereocenters. The van der Waals surface area contributed by atoms with Gasteiger partial charge in [-0.25, -0.2) is 4.68 Å². The van der Waals surface area contributed by atoms with Gasteiger partial charge in [0.15, 0.2) is 0 Å². The number of nitrogens with two attached hydrogens (primary N) is 1. The molecule has 3 rings (SSSR count). The SMILES string of the molecule is NC(=O)c1ccc(NC(=O)C2(n3cnnn3)CCCCC2)cc1. The van der Waals surface area contributed by atoms with Crippen molar-refractivity contribution in [3.05, 3.63) is 36.2 Å². The molecule has 1 aromatic carbocycles. The monoisotopic (exact) mass is 314 g/mol. The zero-order valence-corrected chi connectivity index (χ0v) is 12.6. The Labute approximate surface area is 133 Å². The topological polar surface area (TPSA) is 116 Å². The molecule has 2 amide bonds. The molecule has 2 aromatic rings. The van der Waals surface area contributed by atoms with E-state index in [1.807, 2.05) is 0 Å². The first kappa shape index (κ1) is 15.1. The van der Waals surface area contributed by atoms with Crippen LogP contribution in [0.15, 0.2) is 30.6 Å². The summed E-state index contributed by atoms with van der Waals surface area (Å²) in [5.74, 6) is -0.642. The molecule has 8 nitrogen and oxygen atoms in total. The summed E-state index contributed by atoms with van der Waals surface area (Å²) in [6, 6.07) is 6.49. The Balaban J connectivity index is 1.83. The Kier molecular flexibility index (Phi) is 4.05. The van der Waals surface area contributed by atoms with E-state index in [1.165, 1.54) is 6.33 Å². The number of nitrogens with one attached hydrogen (secondary N) is 1. The van der Waals surface area contributed by atoms with E-state index in [0.717, 1.165) is 19.3 Å². The summed E-state index contributed by atoms with van der Waals surface area (Å²) in [5, 5.41) is 14.2. The Morgan fingerprint density at radius 3 is 2.39 bits per heavy atom. The fraction of sp³-hybridized carbons (Fsp3) is 0.400. The predicted molar refractivity (Wildman–Crippen MR) is 82.5 cm³/mol. The van der Waals surface area contributed by atoms with Gasteiger partial charge in [-0.2, -0.15) is 0 Å². The van der Waals surface area contributed by atoms with Gasteiger partial charge in [0.25, 0.3) is 5.91 Å². The number of rotatable bonds is 4. The maximum Gasteiger partial charge on any atom is 0.252 e. The van der Waals surface area contributed by atoms with Crippen LogP contribution in [0.5, 0.6) is 0 Å². The summed E-state index contributed by atoms with van der Waals surface area (Å²) in [7, 11) is 0. The lowest BCUT2D eigenvalue weighted by Crippen LogP contribution is -2.47. The Morgan fingerprint density at radius 1 is 1.13 bits per heavy atom. The van der Waals surface area contributed by atoms with Crippen molar-refractivity contribution in [2.24, 2.45) is 5.73 Å². The Bertz CT molecular complexity index is 689. The second-order valence-electron chi connectivity index (χ2n) is 5.74. The van der Waals surface area contributed by atoms with Gasteiger partial charge in [0.2, 0.25) is 5.91 Å². The number of nitrogens with zero attached hydrogens (tertiary/aromatic N) is 4. The average Bonchev–Trinajstić information content (AvgIpc) is 3.11. The molecule has 1 saturated carbocycles. The first-order valence-electron chi connectivity index (χ1n) is 7.57. The molecule has 1 aromatic heterocycles. The van der Waals surface area contributed by atoms with Crippen LogP contribution in [-0.2, 0) is 10.3 Å². The number of amides is 2. The summed E-state index contributed by atoms with van der Waals surface area (Å²) in [4.78, 5) is 24.0. The third-order valence-corrected chi connectivity index (χ3v) is 4.32. The highest BCUT2D eigenvalue weighted by Gasteiger charge is 2.42. The largest absolute Gasteiger partial charge is 0.366 e. The van der Waals surface area contributed by atoms with Crippen molar-refractivity contribution in [3.63, 3.8) is 0 Å². The summed E-state index contributed by atoms with van der Waals surface area (Å²) < 4.78 is 1.55. The predicted octanol–water partition coefficient (Wildman–Crippen LogP) is 1.07. The van der Waals surface area contributed by atoms with E-state index in [4.69, 9.17) is 5.73 Å². The smallest absolute Gasteiger partial charge is 0.252 e. The molecule has 1 heterocycles. The molecule has 0 spiro atoms. The van der Waals surface area contributed by atoms with E-state index in [0.29, 0.717) is 24.1 Å². The highest BCUT2D eigenvalue weighted by atomic mass is 16.2. The zero-order valence-electron chi connectivity index (χ0n) is 12.6. The number of benzene rings is 1. The minimum atomic E-state index is -0.760. The number of carbonyl (C=O) groups is 2. The summed E-state index contributed by atoms with van der Waals surface area (Å²) in [5.41, 5.74) is 5.46. The lowest BCUT2D eigenvalue weighted by Gasteiger charge is -2.35. The van der Waals surface area contributed by atoms with Gasteiger partial charge in [-0.05, 0) is 47.5 Å². The molecule has 8 heteroatoms. The van der Waals surface area contributed by atoms with Gasteiger partial charge in [-0.3, -0.25) is 9.59 Å². The molecule has 1 fully saturated rings. The normalized spacial score (nSPS) is 16.7. The van der Waals surface area contributed by atoms with Crippen molar-refractivity contribution < 1.29 is 9.59 Å². The highest BCUT2D eigenvalue weighted by molar-refractivity contribution is 5.97. The molecule has 0 saturated heterocycles. The standard InChI is InChI=1S/C15H18N6O2/c16-13(22)11-4-6-12(7-5-11)18-14(23)15(8-2-1-3-9-15)21-10-17-19-20-21/h4-7,10H,1-3,8-9H2,(H2,16,22)(H,18,23). The van der Waals surface area contributed by atoms with E-state index in [9.17, 15) is 9.59 Å². The van der Waals surface area contributed by atoms with E-state index < -0.39 is 11.4 Å². The maximum atomic E-state index is 12.9. The fourth-order valence-electron chi connectivity index (χ4n) is 3.02. The number of hydrogen-bond donors (Lipinski definition) is 2. The van der Waals surface area contributed by atoms with E-state index in [2.05, 4.69) is 20.8 Å². The number of hydrogen-bond acceptors (Lipinski definition) is 5. The second kappa shape index (κ2) is 6.15. The Morgan fingerprint density at radius 2 is 1.83 bits per heavy atom. The molecule has 1 aliphatic carbocycles. The van der Waals surface area contributed by atoms with E-state index in [1.54, 1.807) is 28.9 Å². The number of tetrazole rings is 1. The van der Waals surface area contributed by atoms with Crippen molar-refractivity contribution in [1.29, 1.82) is 0 Å². The number of carbonyl (C=O) groups excluding carboxylic acids is 2. The van der Waals surface area contributed by atoms with Crippen molar-refractivity contribution in [3.8, 4) is 0 Å². The van der Waals surface area contributed by atoms with Crippen molar-refractivity contribution >= 4 is 17.5 Å². The molecule has 0 aliphatic heterocycles.